The van der Waals surface area contributed by atoms with Crippen LogP contribution in [0.25, 0.3) is 33.4 Å². The lowest BCUT2D eigenvalue weighted by atomic mass is 9.43. The molecule has 0 amide bonds. The van der Waals surface area contributed by atoms with Crippen LogP contribution in [0.15, 0.2) is 140 Å². The minimum Gasteiger partial charge on any atom is -0.309 e. The van der Waals surface area contributed by atoms with E-state index in [-0.39, 0.29) is 10.8 Å². The van der Waals surface area contributed by atoms with Gasteiger partial charge in [-0.2, -0.15) is 0 Å². The van der Waals surface area contributed by atoms with Crippen LogP contribution in [0.3, 0.4) is 0 Å². The minimum atomic E-state index is -0.0728. The molecule has 0 heterocycles. The first-order valence-electron chi connectivity index (χ1n) is 19.0. The Bertz CT molecular complexity index is 2300. The van der Waals surface area contributed by atoms with Crippen LogP contribution in [0.5, 0.6) is 0 Å². The molecule has 6 aromatic rings. The fraction of sp³-hybridized carbons (Fsp3) is 0.265. The quantitative estimate of drug-likeness (QED) is 0.184. The van der Waals surface area contributed by atoms with Crippen molar-refractivity contribution in [1.82, 2.24) is 0 Å². The predicted octanol–water partition coefficient (Wildman–Crippen LogP) is 12.9. The first-order chi connectivity index (χ1) is 24.5. The normalized spacial score (nSPS) is 25.6. The van der Waals surface area contributed by atoms with Gasteiger partial charge in [-0.3, -0.25) is 0 Å². The van der Waals surface area contributed by atoms with Crippen molar-refractivity contribution in [3.8, 4) is 33.4 Å². The highest BCUT2D eigenvalue weighted by atomic mass is 15.1. The van der Waals surface area contributed by atoms with Gasteiger partial charge in [-0.15, -0.1) is 0 Å². The molecule has 12 rings (SSSR count). The zero-order valence-electron chi connectivity index (χ0n) is 29.1. The monoisotopic (exact) mass is 645 g/mol. The molecule has 6 aromatic carbocycles. The van der Waals surface area contributed by atoms with Crippen molar-refractivity contribution < 1.29 is 0 Å². The van der Waals surface area contributed by atoms with Gasteiger partial charge in [-0.05, 0) is 125 Å². The summed E-state index contributed by atoms with van der Waals surface area (Å²) in [5.74, 6) is 3.31. The molecule has 0 N–H and O–H groups in total. The van der Waals surface area contributed by atoms with Crippen LogP contribution >= 0.6 is 0 Å². The van der Waals surface area contributed by atoms with E-state index in [2.05, 4.69) is 158 Å². The first kappa shape index (κ1) is 28.9. The topological polar surface area (TPSA) is 3.24 Å². The third kappa shape index (κ3) is 3.73. The molecular weight excluding hydrogens is 603 g/mol. The van der Waals surface area contributed by atoms with Gasteiger partial charge in [0.05, 0.1) is 11.4 Å². The van der Waals surface area contributed by atoms with E-state index in [9.17, 15) is 0 Å². The summed E-state index contributed by atoms with van der Waals surface area (Å²) in [6.07, 6.45) is 7.04. The Morgan fingerprint density at radius 1 is 0.460 bits per heavy atom. The van der Waals surface area contributed by atoms with Crippen LogP contribution < -0.4 is 4.90 Å². The molecule has 1 spiro atoms. The first-order valence-corrected chi connectivity index (χ1v) is 19.0. The van der Waals surface area contributed by atoms with Crippen LogP contribution in [0, 0.1) is 23.7 Å². The second-order valence-corrected chi connectivity index (χ2v) is 16.5. The maximum absolute atomic E-state index is 2.66. The zero-order chi connectivity index (χ0) is 33.2. The number of rotatable bonds is 4. The molecule has 4 saturated carbocycles. The van der Waals surface area contributed by atoms with Crippen molar-refractivity contribution in [3.05, 3.63) is 162 Å². The van der Waals surface area contributed by atoms with Crippen LogP contribution in [0.4, 0.5) is 17.1 Å². The summed E-state index contributed by atoms with van der Waals surface area (Å²) in [5, 5.41) is 0. The maximum Gasteiger partial charge on any atom is 0.0543 e. The standard InChI is InChI=1S/C49H43N/c1-48(2)41-18-9-7-17-40(41)47-43(48)20-12-22-46(47)50(45-21-11-8-15-37(45)33-13-4-3-5-14-33)36-23-24-39-38-16-6-10-19-42(38)49(44(39)30-36)34-26-31-25-32(28-34)29-35(49)27-31/h3-24,30-32,34-35H,25-29H2,1-2H3. The van der Waals surface area contributed by atoms with Gasteiger partial charge in [0, 0.05) is 27.6 Å². The number of hydrogen-bond acceptors (Lipinski definition) is 1. The zero-order valence-corrected chi connectivity index (χ0v) is 29.1. The molecule has 1 heteroatoms. The number of benzene rings is 6. The lowest BCUT2D eigenvalue weighted by molar-refractivity contribution is -0.0399. The Hall–Kier alpha value is -4.88. The Morgan fingerprint density at radius 2 is 1.04 bits per heavy atom. The van der Waals surface area contributed by atoms with Crippen molar-refractivity contribution in [2.45, 2.75) is 56.8 Å². The largest absolute Gasteiger partial charge is 0.309 e. The smallest absolute Gasteiger partial charge is 0.0543 e. The summed E-state index contributed by atoms with van der Waals surface area (Å²) in [6, 6.07) is 53.2. The van der Waals surface area contributed by atoms with Crippen molar-refractivity contribution in [2.24, 2.45) is 23.7 Å². The van der Waals surface area contributed by atoms with Gasteiger partial charge in [0.15, 0.2) is 0 Å². The Labute approximate surface area is 296 Å². The van der Waals surface area contributed by atoms with E-state index in [1.807, 2.05) is 0 Å². The summed E-state index contributed by atoms with van der Waals surface area (Å²) in [4.78, 5) is 2.62. The van der Waals surface area contributed by atoms with Gasteiger partial charge in [-0.25, -0.2) is 0 Å². The lowest BCUT2D eigenvalue weighted by Gasteiger charge is -2.61. The van der Waals surface area contributed by atoms with Gasteiger partial charge >= 0.3 is 0 Å². The molecule has 6 aliphatic rings. The molecule has 0 saturated heterocycles. The van der Waals surface area contributed by atoms with Crippen molar-refractivity contribution in [1.29, 1.82) is 0 Å². The number of para-hydroxylation sites is 1. The van der Waals surface area contributed by atoms with Crippen molar-refractivity contribution >= 4 is 17.1 Å². The van der Waals surface area contributed by atoms with E-state index in [1.165, 1.54) is 93.7 Å². The number of hydrogen-bond donors (Lipinski definition) is 0. The molecule has 1 nitrogen and oxygen atoms in total. The summed E-state index contributed by atoms with van der Waals surface area (Å²) >= 11 is 0. The fourth-order valence-electron chi connectivity index (χ4n) is 12.1. The molecule has 50 heavy (non-hydrogen) atoms. The van der Waals surface area contributed by atoms with Gasteiger partial charge in [0.25, 0.3) is 0 Å². The molecule has 244 valence electrons. The average Bonchev–Trinajstić information content (AvgIpc) is 3.57. The molecule has 4 bridgehead atoms. The van der Waals surface area contributed by atoms with Gasteiger partial charge in [0.1, 0.15) is 0 Å². The van der Waals surface area contributed by atoms with Crippen LogP contribution in [-0.2, 0) is 10.8 Å². The highest BCUT2D eigenvalue weighted by Gasteiger charge is 2.61. The molecule has 0 aliphatic heterocycles. The highest BCUT2D eigenvalue weighted by molar-refractivity contribution is 5.98. The van der Waals surface area contributed by atoms with E-state index >= 15 is 0 Å². The number of anilines is 3. The molecule has 0 radical (unpaired) electrons. The molecule has 6 aliphatic carbocycles. The third-order valence-electron chi connectivity index (χ3n) is 13.9. The van der Waals surface area contributed by atoms with E-state index in [1.54, 1.807) is 11.1 Å². The molecule has 0 atom stereocenters. The molecule has 0 aromatic heterocycles. The van der Waals surface area contributed by atoms with Crippen LogP contribution in [0.2, 0.25) is 0 Å². The second-order valence-electron chi connectivity index (χ2n) is 16.5. The van der Waals surface area contributed by atoms with Crippen LogP contribution in [-0.4, -0.2) is 0 Å². The van der Waals surface area contributed by atoms with E-state index in [0.29, 0.717) is 0 Å². The average molecular weight is 646 g/mol. The highest BCUT2D eigenvalue weighted by Crippen LogP contribution is 2.70. The molecule has 0 unspecified atom stereocenters. The Balaban J connectivity index is 1.19. The maximum atomic E-state index is 2.66. The third-order valence-corrected chi connectivity index (χ3v) is 13.9. The Morgan fingerprint density at radius 3 is 1.80 bits per heavy atom. The van der Waals surface area contributed by atoms with E-state index in [4.69, 9.17) is 0 Å². The van der Waals surface area contributed by atoms with E-state index < -0.39 is 0 Å². The van der Waals surface area contributed by atoms with Crippen molar-refractivity contribution in [3.63, 3.8) is 0 Å². The van der Waals surface area contributed by atoms with Gasteiger partial charge in [-0.1, -0.05) is 129 Å². The molecule has 4 fully saturated rings. The van der Waals surface area contributed by atoms with Crippen molar-refractivity contribution in [2.75, 3.05) is 4.90 Å². The Kier molecular flexibility index (Phi) is 5.97. The second kappa shape index (κ2) is 10.3. The summed E-state index contributed by atoms with van der Waals surface area (Å²) in [5.41, 5.74) is 18.0. The van der Waals surface area contributed by atoms with Gasteiger partial charge in [0.2, 0.25) is 0 Å². The summed E-state index contributed by atoms with van der Waals surface area (Å²) < 4.78 is 0. The van der Waals surface area contributed by atoms with Gasteiger partial charge < -0.3 is 4.90 Å². The fourth-order valence-corrected chi connectivity index (χ4v) is 12.1. The van der Waals surface area contributed by atoms with E-state index in [0.717, 1.165) is 23.7 Å². The molecular formula is C49H43N. The summed E-state index contributed by atoms with van der Waals surface area (Å²) in [7, 11) is 0. The SMILES string of the molecule is CC1(C)c2ccccc2-c2c(N(c3ccc4c(c3)C3(c5ccccc5-4)C4CC5CC(C4)CC3C5)c3ccccc3-c3ccccc3)cccc21. The summed E-state index contributed by atoms with van der Waals surface area (Å²) in [6.45, 7) is 4.79. The minimum absolute atomic E-state index is 0.0728. The lowest BCUT2D eigenvalue weighted by Crippen LogP contribution is -2.55. The number of nitrogens with zero attached hydrogens (tertiary/aromatic N) is 1. The predicted molar refractivity (Wildman–Crippen MR) is 207 cm³/mol. The van der Waals surface area contributed by atoms with Crippen LogP contribution in [0.1, 0.15) is 68.2 Å². The number of fused-ring (bicyclic) bond motifs is 6.